The number of ether oxygens (including phenoxy) is 1. The Balaban J connectivity index is 1.92. The van der Waals surface area contributed by atoms with E-state index in [2.05, 4.69) is 26.2 Å². The number of aliphatic hydroxyl groups excluding tert-OH is 1. The molecule has 2 atom stereocenters. The predicted molar refractivity (Wildman–Crippen MR) is 122 cm³/mol. The van der Waals surface area contributed by atoms with Gasteiger partial charge in [-0.25, -0.2) is 4.98 Å². The topological polar surface area (TPSA) is 93.5 Å². The maximum Gasteiger partial charge on any atom is 0.262 e. The second-order valence-electron chi connectivity index (χ2n) is 6.77. The van der Waals surface area contributed by atoms with Crippen LogP contribution in [0.4, 0.5) is 5.69 Å². The van der Waals surface area contributed by atoms with Crippen LogP contribution >= 0.6 is 27.7 Å². The number of carbonyl (C=O) groups excluding carboxylic acids is 1. The lowest BCUT2D eigenvalue weighted by atomic mass is 10.2. The van der Waals surface area contributed by atoms with Crippen LogP contribution in [0, 0.1) is 0 Å². The van der Waals surface area contributed by atoms with Crippen LogP contribution in [0.2, 0.25) is 0 Å². The average Bonchev–Trinajstić information content (AvgIpc) is 2.71. The molecule has 1 amide bonds. The molecule has 0 saturated heterocycles. The van der Waals surface area contributed by atoms with Gasteiger partial charge in [0.1, 0.15) is 5.75 Å². The smallest absolute Gasteiger partial charge is 0.262 e. The van der Waals surface area contributed by atoms with Crippen molar-refractivity contribution in [2.75, 3.05) is 12.4 Å². The van der Waals surface area contributed by atoms with E-state index in [1.807, 2.05) is 6.07 Å². The van der Waals surface area contributed by atoms with Gasteiger partial charge in [0.2, 0.25) is 5.91 Å². The van der Waals surface area contributed by atoms with Crippen LogP contribution in [-0.4, -0.2) is 39.0 Å². The second kappa shape index (κ2) is 9.63. The number of amides is 1. The lowest BCUT2D eigenvalue weighted by Crippen LogP contribution is -2.29. The van der Waals surface area contributed by atoms with Gasteiger partial charge in [0.15, 0.2) is 5.16 Å². The minimum atomic E-state index is -0.744. The van der Waals surface area contributed by atoms with E-state index < -0.39 is 11.4 Å². The number of rotatable bonds is 7. The van der Waals surface area contributed by atoms with Gasteiger partial charge in [-0.05, 0) is 44.2 Å². The number of aliphatic hydroxyl groups is 1. The Morgan fingerprint density at radius 3 is 2.73 bits per heavy atom. The number of thioether (sulfide) groups is 1. The van der Waals surface area contributed by atoms with Gasteiger partial charge in [0, 0.05) is 4.47 Å². The highest BCUT2D eigenvalue weighted by Gasteiger charge is 2.21. The second-order valence-corrected chi connectivity index (χ2v) is 8.99. The Hall–Kier alpha value is -2.36. The Labute approximate surface area is 186 Å². The van der Waals surface area contributed by atoms with Crippen molar-refractivity contribution in [1.29, 1.82) is 0 Å². The van der Waals surface area contributed by atoms with E-state index in [-0.39, 0.29) is 18.0 Å². The van der Waals surface area contributed by atoms with E-state index in [0.717, 1.165) is 16.2 Å². The fourth-order valence-electron chi connectivity index (χ4n) is 2.88. The first-order chi connectivity index (χ1) is 14.3. The van der Waals surface area contributed by atoms with Crippen LogP contribution in [0.3, 0.4) is 0 Å². The molecule has 2 N–H and O–H groups in total. The van der Waals surface area contributed by atoms with Gasteiger partial charge in [0.05, 0.1) is 41.6 Å². The summed E-state index contributed by atoms with van der Waals surface area (Å²) in [5.41, 5.74) is 0.835. The molecule has 0 aliphatic heterocycles. The number of halogens is 1. The summed E-state index contributed by atoms with van der Waals surface area (Å²) >= 11 is 4.53. The Morgan fingerprint density at radius 2 is 2.03 bits per heavy atom. The van der Waals surface area contributed by atoms with Crippen molar-refractivity contribution in [2.24, 2.45) is 0 Å². The molecular weight excluding hydrogens is 470 g/mol. The average molecular weight is 492 g/mol. The number of hydrogen-bond donors (Lipinski definition) is 2. The van der Waals surface area contributed by atoms with Crippen LogP contribution in [0.1, 0.15) is 13.8 Å². The summed E-state index contributed by atoms with van der Waals surface area (Å²) in [4.78, 5) is 30.4. The molecule has 3 aromatic rings. The van der Waals surface area contributed by atoms with Gasteiger partial charge in [-0.3, -0.25) is 14.2 Å². The molecule has 0 aliphatic carbocycles. The van der Waals surface area contributed by atoms with Crippen molar-refractivity contribution in [2.45, 2.75) is 36.9 Å². The normalized spacial score (nSPS) is 13.1. The molecule has 0 spiro atoms. The van der Waals surface area contributed by atoms with Crippen molar-refractivity contribution in [3.63, 3.8) is 0 Å². The molecule has 158 valence electrons. The first-order valence-electron chi connectivity index (χ1n) is 9.29. The highest BCUT2D eigenvalue weighted by atomic mass is 79.9. The van der Waals surface area contributed by atoms with Crippen molar-refractivity contribution in [3.8, 4) is 5.75 Å². The lowest BCUT2D eigenvalue weighted by molar-refractivity contribution is -0.115. The molecule has 0 radical (unpaired) electrons. The number of hydrogen-bond acceptors (Lipinski definition) is 6. The number of carbonyl (C=O) groups is 1. The number of nitrogens with one attached hydrogen (secondary N) is 1. The molecular formula is C21H22BrN3O4S. The summed E-state index contributed by atoms with van der Waals surface area (Å²) in [7, 11) is 1.54. The fourth-order valence-corrected chi connectivity index (χ4v) is 4.16. The minimum Gasteiger partial charge on any atom is -0.495 e. The first kappa shape index (κ1) is 22.3. The van der Waals surface area contributed by atoms with Crippen LogP contribution in [-0.2, 0) is 11.3 Å². The van der Waals surface area contributed by atoms with Gasteiger partial charge in [0.25, 0.3) is 5.56 Å². The number of para-hydroxylation sites is 2. The zero-order chi connectivity index (χ0) is 21.8. The van der Waals surface area contributed by atoms with Crippen LogP contribution in [0.5, 0.6) is 5.75 Å². The van der Waals surface area contributed by atoms with Crippen LogP contribution in [0.15, 0.2) is 56.9 Å². The zero-order valence-electron chi connectivity index (χ0n) is 16.8. The molecule has 30 heavy (non-hydrogen) atoms. The van der Waals surface area contributed by atoms with Gasteiger partial charge in [-0.15, -0.1) is 0 Å². The Morgan fingerprint density at radius 1 is 1.30 bits per heavy atom. The third-order valence-electron chi connectivity index (χ3n) is 4.34. The number of aromatic nitrogens is 2. The molecule has 0 aliphatic rings. The fraction of sp³-hybridized carbons (Fsp3) is 0.286. The maximum atomic E-state index is 13.0. The number of fused-ring (bicyclic) bond motifs is 1. The third-order valence-corrected chi connectivity index (χ3v) is 5.93. The molecule has 0 unspecified atom stereocenters. The van der Waals surface area contributed by atoms with E-state index >= 15 is 0 Å². The van der Waals surface area contributed by atoms with Crippen molar-refractivity contribution < 1.29 is 14.6 Å². The van der Waals surface area contributed by atoms with Gasteiger partial charge >= 0.3 is 0 Å². The summed E-state index contributed by atoms with van der Waals surface area (Å²) in [5.74, 6) is 0.307. The van der Waals surface area contributed by atoms with Crippen molar-refractivity contribution >= 4 is 50.2 Å². The highest BCUT2D eigenvalue weighted by molar-refractivity contribution is 9.10. The first-order valence-corrected chi connectivity index (χ1v) is 11.0. The minimum absolute atomic E-state index is 0.0808. The summed E-state index contributed by atoms with van der Waals surface area (Å²) in [6, 6.07) is 12.4. The Bertz CT molecular complexity index is 1130. The SMILES string of the molecule is COc1ccccc1NC(=O)[C@H](C)Sc1nc2ccc(Br)cc2c(=O)n1C[C@H](C)O. The molecule has 1 aromatic heterocycles. The Kier molecular flexibility index (Phi) is 7.17. The summed E-state index contributed by atoms with van der Waals surface area (Å²) in [6.07, 6.45) is -0.744. The number of methoxy groups -OCH3 is 1. The molecule has 0 bridgehead atoms. The van der Waals surface area contributed by atoms with E-state index in [1.165, 1.54) is 11.7 Å². The molecule has 2 aromatic carbocycles. The predicted octanol–water partition coefficient (Wildman–Crippen LogP) is 3.67. The van der Waals surface area contributed by atoms with Crippen LogP contribution < -0.4 is 15.6 Å². The monoisotopic (exact) mass is 491 g/mol. The van der Waals surface area contributed by atoms with E-state index in [4.69, 9.17) is 4.74 Å². The van der Waals surface area contributed by atoms with Gasteiger partial charge in [-0.2, -0.15) is 0 Å². The molecule has 0 fully saturated rings. The summed E-state index contributed by atoms with van der Waals surface area (Å²) in [6.45, 7) is 3.42. The number of anilines is 1. The summed E-state index contributed by atoms with van der Waals surface area (Å²) < 4.78 is 7.45. The van der Waals surface area contributed by atoms with Crippen molar-refractivity contribution in [1.82, 2.24) is 9.55 Å². The van der Waals surface area contributed by atoms with E-state index in [0.29, 0.717) is 27.5 Å². The molecule has 7 nitrogen and oxygen atoms in total. The van der Waals surface area contributed by atoms with E-state index in [9.17, 15) is 14.7 Å². The zero-order valence-corrected chi connectivity index (χ0v) is 19.2. The molecule has 1 heterocycles. The standard InChI is InChI=1S/C21H22BrN3O4S/c1-12(26)11-25-20(28)15-10-14(22)8-9-16(15)24-21(25)30-13(2)19(27)23-17-6-4-5-7-18(17)29-3/h4-10,12-13,26H,11H2,1-3H3,(H,23,27)/t12-,13-/m0/s1. The molecule has 9 heteroatoms. The summed E-state index contributed by atoms with van der Waals surface area (Å²) in [5, 5.41) is 13.0. The molecule has 3 rings (SSSR count). The van der Waals surface area contributed by atoms with E-state index in [1.54, 1.807) is 50.2 Å². The van der Waals surface area contributed by atoms with Gasteiger partial charge in [-0.1, -0.05) is 39.8 Å². The highest BCUT2D eigenvalue weighted by Crippen LogP contribution is 2.27. The van der Waals surface area contributed by atoms with Crippen molar-refractivity contribution in [3.05, 3.63) is 57.3 Å². The quantitative estimate of drug-likeness (QED) is 0.386. The lowest BCUT2D eigenvalue weighted by Gasteiger charge is -2.18. The number of nitrogens with zero attached hydrogens (tertiary/aromatic N) is 2. The van der Waals surface area contributed by atoms with Crippen LogP contribution in [0.25, 0.3) is 10.9 Å². The van der Waals surface area contributed by atoms with Gasteiger partial charge < -0.3 is 15.2 Å². The maximum absolute atomic E-state index is 13.0. The largest absolute Gasteiger partial charge is 0.495 e. The number of benzene rings is 2. The third kappa shape index (κ3) is 5.03. The molecule has 0 saturated carbocycles.